The van der Waals surface area contributed by atoms with Gasteiger partial charge in [-0.05, 0) is 143 Å². The molecule has 2 N–H and O–H groups in total. The maximum absolute atomic E-state index is 12.0. The number of carbonyl (C=O) groups excluding carboxylic acids is 2. The first-order chi connectivity index (χ1) is 28.5. The first-order valence-electron chi connectivity index (χ1n) is 21.2. The summed E-state index contributed by atoms with van der Waals surface area (Å²) in [6, 6.07) is 5.55. The molecule has 3 aliphatic rings. The molecule has 0 saturated carbocycles. The summed E-state index contributed by atoms with van der Waals surface area (Å²) in [5.41, 5.74) is -0.846. The maximum Gasteiger partial charge on any atom is 0.410 e. The van der Waals surface area contributed by atoms with Crippen molar-refractivity contribution in [2.45, 2.75) is 91.3 Å². The second kappa shape index (κ2) is 31.4. The molecule has 3 aliphatic heterocycles. The average molecular weight is 965 g/mol. The number of carbonyl (C=O) groups is 2. The van der Waals surface area contributed by atoms with E-state index in [4.69, 9.17) is 21.1 Å². The predicted molar refractivity (Wildman–Crippen MR) is 260 cm³/mol. The van der Waals surface area contributed by atoms with Gasteiger partial charge in [0.15, 0.2) is 0 Å². The molecular formula is C43H74Cl4N12O4. The van der Waals surface area contributed by atoms with Gasteiger partial charge in [0.05, 0.1) is 0 Å². The van der Waals surface area contributed by atoms with Crippen molar-refractivity contribution in [3.8, 4) is 0 Å². The molecule has 3 saturated heterocycles. The van der Waals surface area contributed by atoms with Crippen LogP contribution in [0.4, 0.5) is 21.2 Å². The summed E-state index contributed by atoms with van der Waals surface area (Å²) in [6.45, 7) is 20.3. The molecule has 0 unspecified atom stereocenters. The molecule has 0 spiro atoms. The topological polar surface area (TPSA) is 167 Å². The van der Waals surface area contributed by atoms with Crippen molar-refractivity contribution in [2.75, 3.05) is 89.8 Å². The zero-order chi connectivity index (χ0) is 44.0. The fraction of sp³-hybridized carbons (Fsp3) is 0.674. The Hall–Kier alpha value is -3.54. The number of aromatic nitrogens is 6. The highest BCUT2D eigenvalue weighted by Gasteiger charge is 2.26. The molecule has 63 heavy (non-hydrogen) atoms. The number of amides is 2. The van der Waals surface area contributed by atoms with Crippen LogP contribution in [0.3, 0.4) is 0 Å². The van der Waals surface area contributed by atoms with Crippen LogP contribution in [0.25, 0.3) is 0 Å². The number of nitrogens with one attached hydrogen (secondary N) is 2. The van der Waals surface area contributed by atoms with E-state index in [2.05, 4.69) is 50.3 Å². The van der Waals surface area contributed by atoms with Crippen LogP contribution in [0.5, 0.6) is 0 Å². The van der Waals surface area contributed by atoms with Crippen LogP contribution in [0.1, 0.15) is 80.1 Å². The van der Waals surface area contributed by atoms with Crippen molar-refractivity contribution in [1.29, 1.82) is 0 Å². The van der Waals surface area contributed by atoms with Gasteiger partial charge in [-0.3, -0.25) is 0 Å². The molecule has 16 nitrogen and oxygen atoms in total. The Morgan fingerprint density at radius 2 is 1.05 bits per heavy atom. The second-order valence-corrected chi connectivity index (χ2v) is 17.9. The van der Waals surface area contributed by atoms with Crippen molar-refractivity contribution < 1.29 is 19.1 Å². The van der Waals surface area contributed by atoms with Crippen LogP contribution < -0.4 is 20.4 Å². The predicted octanol–water partition coefficient (Wildman–Crippen LogP) is 7.72. The lowest BCUT2D eigenvalue weighted by Crippen LogP contribution is -2.41. The van der Waals surface area contributed by atoms with Gasteiger partial charge >= 0.3 is 12.2 Å². The standard InChI is InChI=1S/C16H26N4O2.C12H24N2O2.C11H18N4.C4H3ClN2.3ClH/c1-16(2,3)22-15(21)19(4)11-13-6-9-20(10-7-13)14-5-8-17-12-18-14;1-12(2,3)16-11(15)14(4)9-10-5-7-13-8-6-10;1-12-8-10-3-6-15(7-4-10)11-2-5-13-9-14-11;5-4-1-2-6-3-7-4;;;/h5,8,12-13H,6-7,9-11H2,1-4H3;10,13H,5-9H2,1-4H3;2,5,9-10,12H,3-4,6-8H2,1H3;1-3H;3*1H. The maximum atomic E-state index is 12.0. The Kier molecular flexibility index (Phi) is 29.6. The van der Waals surface area contributed by atoms with Gasteiger partial charge in [-0.25, -0.2) is 39.5 Å². The molecule has 0 aliphatic carbocycles. The molecule has 6 heterocycles. The summed E-state index contributed by atoms with van der Waals surface area (Å²) in [6.07, 6.45) is 16.2. The fourth-order valence-electron chi connectivity index (χ4n) is 6.88. The quantitative estimate of drug-likeness (QED) is 0.211. The molecule has 20 heteroatoms. The van der Waals surface area contributed by atoms with Gasteiger partial charge in [0.2, 0.25) is 0 Å². The van der Waals surface area contributed by atoms with E-state index in [1.54, 1.807) is 40.9 Å². The summed E-state index contributed by atoms with van der Waals surface area (Å²) < 4.78 is 10.7. The van der Waals surface area contributed by atoms with E-state index in [1.165, 1.54) is 19.2 Å². The Morgan fingerprint density at radius 1 is 0.667 bits per heavy atom. The minimum absolute atomic E-state index is 0. The lowest BCUT2D eigenvalue weighted by molar-refractivity contribution is 0.0256. The summed E-state index contributed by atoms with van der Waals surface area (Å²) in [5, 5.41) is 7.05. The molecule has 3 aromatic heterocycles. The van der Waals surface area contributed by atoms with Crippen LogP contribution in [0, 0.1) is 17.8 Å². The Balaban J connectivity index is 0.000000843. The summed E-state index contributed by atoms with van der Waals surface area (Å²) in [5.74, 6) is 3.99. The highest BCUT2D eigenvalue weighted by Crippen LogP contribution is 2.23. The van der Waals surface area contributed by atoms with Crippen molar-refractivity contribution in [3.05, 3.63) is 60.9 Å². The average Bonchev–Trinajstić information content (AvgIpc) is 3.22. The third kappa shape index (κ3) is 25.5. The largest absolute Gasteiger partial charge is 0.444 e. The molecular weight excluding hydrogens is 890 g/mol. The smallest absolute Gasteiger partial charge is 0.410 e. The van der Waals surface area contributed by atoms with E-state index in [0.717, 1.165) is 102 Å². The summed E-state index contributed by atoms with van der Waals surface area (Å²) in [4.78, 5) is 55.4. The fourth-order valence-corrected chi connectivity index (χ4v) is 6.98. The zero-order valence-corrected chi connectivity index (χ0v) is 41.9. The minimum Gasteiger partial charge on any atom is -0.444 e. The van der Waals surface area contributed by atoms with E-state index in [1.807, 2.05) is 81.0 Å². The molecule has 358 valence electrons. The second-order valence-electron chi connectivity index (χ2n) is 17.5. The number of nitrogens with zero attached hydrogens (tertiary/aromatic N) is 10. The number of piperidine rings is 3. The first-order valence-corrected chi connectivity index (χ1v) is 21.6. The molecule has 0 bridgehead atoms. The third-order valence-corrected chi connectivity index (χ3v) is 10.2. The first kappa shape index (κ1) is 59.5. The van der Waals surface area contributed by atoms with Crippen molar-refractivity contribution >= 4 is 72.6 Å². The minimum atomic E-state index is -0.443. The third-order valence-electron chi connectivity index (χ3n) is 9.98. The van der Waals surface area contributed by atoms with E-state index in [-0.39, 0.29) is 49.4 Å². The monoisotopic (exact) mass is 962 g/mol. The molecule has 3 aromatic rings. The summed E-state index contributed by atoms with van der Waals surface area (Å²) >= 11 is 5.39. The Labute approximate surface area is 400 Å². The van der Waals surface area contributed by atoms with Gasteiger partial charge in [-0.1, -0.05) is 11.6 Å². The van der Waals surface area contributed by atoms with Gasteiger partial charge in [0.25, 0.3) is 0 Å². The number of halogens is 4. The van der Waals surface area contributed by atoms with Crippen LogP contribution >= 0.6 is 48.8 Å². The molecule has 3 fully saturated rings. The lowest BCUT2D eigenvalue weighted by atomic mass is 9.96. The molecule has 0 atom stereocenters. The lowest BCUT2D eigenvalue weighted by Gasteiger charge is -2.34. The van der Waals surface area contributed by atoms with Gasteiger partial charge in [0, 0.05) is 72.0 Å². The van der Waals surface area contributed by atoms with Crippen LogP contribution in [-0.4, -0.2) is 143 Å². The summed E-state index contributed by atoms with van der Waals surface area (Å²) in [7, 11) is 5.65. The van der Waals surface area contributed by atoms with Gasteiger partial charge < -0.3 is 39.7 Å². The van der Waals surface area contributed by atoms with Crippen molar-refractivity contribution in [2.24, 2.45) is 17.8 Å². The Bertz CT molecular complexity index is 1610. The van der Waals surface area contributed by atoms with E-state index in [9.17, 15) is 9.59 Å². The molecule has 6 rings (SSSR count). The molecule has 0 radical (unpaired) electrons. The van der Waals surface area contributed by atoms with Crippen LogP contribution in [0.2, 0.25) is 5.15 Å². The Morgan fingerprint density at radius 3 is 1.37 bits per heavy atom. The van der Waals surface area contributed by atoms with Crippen LogP contribution in [-0.2, 0) is 9.47 Å². The number of hydrogen-bond acceptors (Lipinski definition) is 14. The molecule has 0 aromatic carbocycles. The number of ether oxygens (including phenoxy) is 2. The van der Waals surface area contributed by atoms with Crippen molar-refractivity contribution in [1.82, 2.24) is 50.3 Å². The van der Waals surface area contributed by atoms with E-state index < -0.39 is 11.2 Å². The van der Waals surface area contributed by atoms with E-state index in [0.29, 0.717) is 17.0 Å². The van der Waals surface area contributed by atoms with Gasteiger partial charge in [-0.15, -0.1) is 37.2 Å². The number of anilines is 2. The van der Waals surface area contributed by atoms with Crippen LogP contribution in [0.15, 0.2) is 55.8 Å². The highest BCUT2D eigenvalue weighted by molar-refractivity contribution is 6.29. The van der Waals surface area contributed by atoms with Gasteiger partial charge in [0.1, 0.15) is 47.0 Å². The molecule has 2 amide bonds. The number of hydrogen-bond donors (Lipinski definition) is 2. The van der Waals surface area contributed by atoms with Crippen molar-refractivity contribution in [3.63, 3.8) is 0 Å². The number of rotatable bonds is 8. The SMILES string of the molecule is CN(CC1CCN(c2ccncn2)CC1)C(=O)OC(C)(C)C.CN(CC1CCNCC1)C(=O)OC(C)(C)C.CNCC1CCN(c2ccncn2)CC1.Cl.Cl.Cl.Clc1ccncn1. The van der Waals surface area contributed by atoms with Gasteiger partial charge in [-0.2, -0.15) is 0 Å². The zero-order valence-electron chi connectivity index (χ0n) is 38.7. The normalized spacial score (nSPS) is 15.7. The van der Waals surface area contributed by atoms with E-state index >= 15 is 0 Å². The highest BCUT2D eigenvalue weighted by atomic mass is 35.5.